The minimum atomic E-state index is -0.323. The monoisotopic (exact) mass is 417 g/mol. The van der Waals surface area contributed by atoms with E-state index >= 15 is 0 Å². The lowest BCUT2D eigenvalue weighted by Crippen LogP contribution is -2.16. The maximum Gasteiger partial charge on any atom is 0.311 e. The Hall–Kier alpha value is -3.60. The summed E-state index contributed by atoms with van der Waals surface area (Å²) >= 11 is 0. The molecule has 0 heterocycles. The van der Waals surface area contributed by atoms with E-state index in [1.807, 2.05) is 57.2 Å². The minimum Gasteiger partial charge on any atom is -0.489 e. The zero-order valence-corrected chi connectivity index (χ0v) is 18.1. The minimum absolute atomic E-state index is 0.269. The standard InChI is InChI=1S/C26H27NO4/c1-4-10-25(28)31-24-14-9-8-13-22(24)27-26(29)21-15-16-23(19(3)18(21)2)30-17-20-11-6-5-7-12-20/h5-9,11-16H,4,10,17H2,1-3H3,(H,27,29). The summed E-state index contributed by atoms with van der Waals surface area (Å²) in [5, 5.41) is 2.86. The van der Waals surface area contributed by atoms with Gasteiger partial charge in [-0.2, -0.15) is 0 Å². The summed E-state index contributed by atoms with van der Waals surface area (Å²) in [6.07, 6.45) is 1.02. The van der Waals surface area contributed by atoms with Crippen LogP contribution in [0.4, 0.5) is 5.69 Å². The van der Waals surface area contributed by atoms with Gasteiger partial charge in [0.1, 0.15) is 12.4 Å². The number of hydrogen-bond donors (Lipinski definition) is 1. The van der Waals surface area contributed by atoms with Crippen molar-refractivity contribution in [2.75, 3.05) is 5.32 Å². The van der Waals surface area contributed by atoms with Crippen molar-refractivity contribution >= 4 is 17.6 Å². The number of esters is 1. The van der Waals surface area contributed by atoms with Gasteiger partial charge in [0.15, 0.2) is 5.75 Å². The van der Waals surface area contributed by atoms with Crippen LogP contribution in [0.5, 0.6) is 11.5 Å². The van der Waals surface area contributed by atoms with Gasteiger partial charge in [0.25, 0.3) is 5.91 Å². The molecule has 0 saturated carbocycles. The molecule has 0 spiro atoms. The average molecular weight is 418 g/mol. The van der Waals surface area contributed by atoms with Crippen LogP contribution in [0, 0.1) is 13.8 Å². The SMILES string of the molecule is CCCC(=O)Oc1ccccc1NC(=O)c1ccc(OCc2ccccc2)c(C)c1C. The molecule has 0 aromatic heterocycles. The van der Waals surface area contributed by atoms with Crippen LogP contribution in [0.25, 0.3) is 0 Å². The van der Waals surface area contributed by atoms with Gasteiger partial charge < -0.3 is 14.8 Å². The van der Waals surface area contributed by atoms with Gasteiger partial charge in [-0.05, 0) is 61.2 Å². The van der Waals surface area contributed by atoms with Gasteiger partial charge in [-0.3, -0.25) is 9.59 Å². The number of rotatable bonds is 8. The van der Waals surface area contributed by atoms with Crippen molar-refractivity contribution in [1.82, 2.24) is 0 Å². The van der Waals surface area contributed by atoms with Crippen molar-refractivity contribution < 1.29 is 19.1 Å². The van der Waals surface area contributed by atoms with Crippen molar-refractivity contribution in [1.29, 1.82) is 0 Å². The number of para-hydroxylation sites is 2. The van der Waals surface area contributed by atoms with E-state index in [0.717, 1.165) is 22.4 Å². The molecule has 0 fully saturated rings. The number of carbonyl (C=O) groups is 2. The molecule has 1 amide bonds. The predicted octanol–water partition coefficient (Wildman–Crippen LogP) is 5.84. The molecule has 1 N–H and O–H groups in total. The fraction of sp³-hybridized carbons (Fsp3) is 0.231. The third kappa shape index (κ3) is 5.72. The van der Waals surface area contributed by atoms with E-state index in [-0.39, 0.29) is 11.9 Å². The highest BCUT2D eigenvalue weighted by Gasteiger charge is 2.16. The molecular weight excluding hydrogens is 390 g/mol. The fourth-order valence-corrected chi connectivity index (χ4v) is 3.16. The van der Waals surface area contributed by atoms with E-state index < -0.39 is 0 Å². The molecule has 3 aromatic carbocycles. The van der Waals surface area contributed by atoms with Gasteiger partial charge in [0.2, 0.25) is 0 Å². The summed E-state index contributed by atoms with van der Waals surface area (Å²) in [6, 6.07) is 20.4. The first-order valence-electron chi connectivity index (χ1n) is 10.4. The van der Waals surface area contributed by atoms with Crippen LogP contribution in [0.2, 0.25) is 0 Å². The Kier molecular flexibility index (Phi) is 7.44. The summed E-state index contributed by atoms with van der Waals surface area (Å²) in [5.41, 5.74) is 3.82. The van der Waals surface area contributed by atoms with E-state index in [1.54, 1.807) is 30.3 Å². The second-order valence-corrected chi connectivity index (χ2v) is 7.31. The van der Waals surface area contributed by atoms with Crippen molar-refractivity contribution in [3.8, 4) is 11.5 Å². The predicted molar refractivity (Wildman–Crippen MR) is 122 cm³/mol. The van der Waals surface area contributed by atoms with Gasteiger partial charge in [-0.1, -0.05) is 49.4 Å². The quantitative estimate of drug-likeness (QED) is 0.369. The molecule has 0 unspecified atom stereocenters. The third-order valence-corrected chi connectivity index (χ3v) is 5.03. The largest absolute Gasteiger partial charge is 0.489 e. The van der Waals surface area contributed by atoms with Crippen LogP contribution < -0.4 is 14.8 Å². The lowest BCUT2D eigenvalue weighted by molar-refractivity contribution is -0.134. The number of hydrogen-bond acceptors (Lipinski definition) is 4. The van der Waals surface area contributed by atoms with Gasteiger partial charge in [-0.15, -0.1) is 0 Å². The topological polar surface area (TPSA) is 64.6 Å². The Morgan fingerprint density at radius 1 is 0.839 bits per heavy atom. The zero-order valence-electron chi connectivity index (χ0n) is 18.1. The molecule has 5 nitrogen and oxygen atoms in total. The lowest BCUT2D eigenvalue weighted by Gasteiger charge is -2.15. The van der Waals surface area contributed by atoms with Gasteiger partial charge >= 0.3 is 5.97 Å². The molecule has 31 heavy (non-hydrogen) atoms. The first-order valence-corrected chi connectivity index (χ1v) is 10.4. The highest BCUT2D eigenvalue weighted by atomic mass is 16.5. The molecule has 5 heteroatoms. The smallest absolute Gasteiger partial charge is 0.311 e. The maximum absolute atomic E-state index is 12.9. The van der Waals surface area contributed by atoms with Crippen LogP contribution in [0.15, 0.2) is 66.7 Å². The summed E-state index contributed by atoms with van der Waals surface area (Å²) in [4.78, 5) is 24.8. The van der Waals surface area contributed by atoms with Gasteiger partial charge in [-0.25, -0.2) is 0 Å². The van der Waals surface area contributed by atoms with Crippen LogP contribution in [0.3, 0.4) is 0 Å². The van der Waals surface area contributed by atoms with Gasteiger partial charge in [0.05, 0.1) is 5.69 Å². The molecule has 3 rings (SSSR count). The van der Waals surface area contributed by atoms with E-state index in [1.165, 1.54) is 0 Å². The van der Waals surface area contributed by atoms with Crippen molar-refractivity contribution in [3.63, 3.8) is 0 Å². The summed E-state index contributed by atoms with van der Waals surface area (Å²) in [6.45, 7) is 6.20. The lowest BCUT2D eigenvalue weighted by atomic mass is 10.0. The van der Waals surface area contributed by atoms with E-state index in [2.05, 4.69) is 5.32 Å². The molecule has 3 aromatic rings. The molecule has 160 valence electrons. The van der Waals surface area contributed by atoms with Crippen LogP contribution in [-0.4, -0.2) is 11.9 Å². The fourth-order valence-electron chi connectivity index (χ4n) is 3.16. The Morgan fingerprint density at radius 2 is 1.55 bits per heavy atom. The zero-order chi connectivity index (χ0) is 22.2. The molecule has 0 atom stereocenters. The Bertz CT molecular complexity index is 1060. The van der Waals surface area contributed by atoms with Crippen LogP contribution in [0.1, 0.15) is 46.8 Å². The average Bonchev–Trinajstić information content (AvgIpc) is 2.77. The Labute approximate surface area is 183 Å². The summed E-state index contributed by atoms with van der Waals surface area (Å²) < 4.78 is 11.3. The highest BCUT2D eigenvalue weighted by molar-refractivity contribution is 6.06. The summed E-state index contributed by atoms with van der Waals surface area (Å²) in [5.74, 6) is 0.489. The van der Waals surface area contributed by atoms with Crippen LogP contribution in [-0.2, 0) is 11.4 Å². The van der Waals surface area contributed by atoms with Crippen molar-refractivity contribution in [2.24, 2.45) is 0 Å². The molecular formula is C26H27NO4. The third-order valence-electron chi connectivity index (χ3n) is 5.03. The number of ether oxygens (including phenoxy) is 2. The molecule has 0 radical (unpaired) electrons. The van der Waals surface area contributed by atoms with E-state index in [9.17, 15) is 9.59 Å². The second-order valence-electron chi connectivity index (χ2n) is 7.31. The Balaban J connectivity index is 1.74. The van der Waals surface area contributed by atoms with E-state index in [4.69, 9.17) is 9.47 Å². The molecule has 0 aliphatic heterocycles. The maximum atomic E-state index is 12.9. The number of amides is 1. The summed E-state index contributed by atoms with van der Waals surface area (Å²) in [7, 11) is 0. The van der Waals surface area contributed by atoms with Crippen LogP contribution >= 0.6 is 0 Å². The molecule has 0 saturated heterocycles. The molecule has 0 aliphatic rings. The first kappa shape index (κ1) is 22.1. The second kappa shape index (κ2) is 10.4. The first-order chi connectivity index (χ1) is 15.0. The number of anilines is 1. The van der Waals surface area contributed by atoms with Crippen molar-refractivity contribution in [2.45, 2.75) is 40.2 Å². The highest BCUT2D eigenvalue weighted by Crippen LogP contribution is 2.28. The number of carbonyl (C=O) groups excluding carboxylic acids is 2. The molecule has 0 aliphatic carbocycles. The van der Waals surface area contributed by atoms with Crippen molar-refractivity contribution in [3.05, 3.63) is 89.0 Å². The molecule has 0 bridgehead atoms. The van der Waals surface area contributed by atoms with E-state index in [0.29, 0.717) is 36.4 Å². The number of benzene rings is 3. The number of nitrogens with one attached hydrogen (secondary N) is 1. The normalized spacial score (nSPS) is 10.4. The van der Waals surface area contributed by atoms with Gasteiger partial charge in [0, 0.05) is 12.0 Å². The Morgan fingerprint density at radius 3 is 2.29 bits per heavy atom.